The molecule has 0 radical (unpaired) electrons. The van der Waals surface area contributed by atoms with Crippen LogP contribution in [-0.4, -0.2) is 32.8 Å². The topological polar surface area (TPSA) is 58.9 Å². The fourth-order valence-corrected chi connectivity index (χ4v) is 3.62. The van der Waals surface area contributed by atoms with Gasteiger partial charge in [0.1, 0.15) is 0 Å². The van der Waals surface area contributed by atoms with Crippen LogP contribution in [0.3, 0.4) is 0 Å². The second kappa shape index (κ2) is 9.31. The molecule has 0 amide bonds. The van der Waals surface area contributed by atoms with Crippen molar-refractivity contribution in [1.29, 1.82) is 0 Å². The van der Waals surface area contributed by atoms with E-state index in [1.165, 1.54) is 43.2 Å². The summed E-state index contributed by atoms with van der Waals surface area (Å²) in [7, 11) is 0. The van der Waals surface area contributed by atoms with E-state index in [0.29, 0.717) is 6.04 Å². The lowest BCUT2D eigenvalue weighted by Crippen LogP contribution is -2.29. The molecule has 1 aliphatic heterocycles. The quantitative estimate of drug-likeness (QED) is 0.826. The minimum Gasteiger partial charge on any atom is -0.341 e. The van der Waals surface area contributed by atoms with Crippen LogP contribution in [-0.2, 0) is 6.54 Å². The molecule has 3 heterocycles. The van der Waals surface area contributed by atoms with E-state index in [-0.39, 0.29) is 6.04 Å². The molecule has 27 heavy (non-hydrogen) atoms. The van der Waals surface area contributed by atoms with E-state index in [2.05, 4.69) is 49.2 Å². The van der Waals surface area contributed by atoms with Gasteiger partial charge in [-0.1, -0.05) is 19.3 Å². The van der Waals surface area contributed by atoms with Crippen LogP contribution in [0.25, 0.3) is 0 Å². The van der Waals surface area contributed by atoms with Crippen LogP contribution >= 0.6 is 0 Å². The molecule has 1 unspecified atom stereocenters. The number of rotatable bonds is 6. The van der Waals surface area contributed by atoms with E-state index in [4.69, 9.17) is 9.97 Å². The Balaban J connectivity index is 1.61. The van der Waals surface area contributed by atoms with E-state index in [9.17, 15) is 0 Å². The summed E-state index contributed by atoms with van der Waals surface area (Å²) in [4.78, 5) is 11.9. The van der Waals surface area contributed by atoms with E-state index in [0.717, 1.165) is 31.3 Å². The Bertz CT molecular complexity index is 715. The number of anilines is 1. The zero-order valence-corrected chi connectivity index (χ0v) is 17.3. The summed E-state index contributed by atoms with van der Waals surface area (Å²) >= 11 is 0. The zero-order valence-electron chi connectivity index (χ0n) is 17.3. The van der Waals surface area contributed by atoms with Crippen molar-refractivity contribution in [2.45, 2.75) is 78.4 Å². The van der Waals surface area contributed by atoms with Crippen molar-refractivity contribution in [3.8, 4) is 0 Å². The second-order valence-corrected chi connectivity index (χ2v) is 7.99. The number of hydrogen-bond donors (Lipinski definition) is 1. The number of nitrogens with one attached hydrogen (secondary N) is 1. The Hall–Kier alpha value is -1.95. The first kappa shape index (κ1) is 19.8. The van der Waals surface area contributed by atoms with Crippen LogP contribution in [0.5, 0.6) is 0 Å². The van der Waals surface area contributed by atoms with Crippen LogP contribution in [0.4, 0.5) is 5.95 Å². The molecule has 1 aliphatic rings. The maximum atomic E-state index is 4.83. The molecular weight excluding hydrogens is 336 g/mol. The fourth-order valence-electron chi connectivity index (χ4n) is 3.62. The summed E-state index contributed by atoms with van der Waals surface area (Å²) in [5.74, 6) is 0.892. The van der Waals surface area contributed by atoms with Crippen molar-refractivity contribution in [1.82, 2.24) is 25.1 Å². The predicted molar refractivity (Wildman–Crippen MR) is 110 cm³/mol. The third kappa shape index (κ3) is 5.28. The number of hydrogen-bond acceptors (Lipinski definition) is 5. The summed E-state index contributed by atoms with van der Waals surface area (Å²) in [6.45, 7) is 11.5. The molecule has 6 nitrogen and oxygen atoms in total. The van der Waals surface area contributed by atoms with Crippen LogP contribution in [0.15, 0.2) is 18.6 Å². The standard InChI is InChI=1S/C21H34N6/c1-16(2)27-15-19(13-24-27)12-22-17(3)20-14-23-21(25-18(20)4)26-10-8-6-5-7-9-11-26/h13-17,22H,5-12H2,1-4H3. The Morgan fingerprint density at radius 2 is 1.74 bits per heavy atom. The lowest BCUT2D eigenvalue weighted by Gasteiger charge is -2.25. The van der Waals surface area contributed by atoms with Gasteiger partial charge in [-0.3, -0.25) is 4.68 Å². The van der Waals surface area contributed by atoms with Gasteiger partial charge >= 0.3 is 0 Å². The van der Waals surface area contributed by atoms with Crippen molar-refractivity contribution >= 4 is 5.95 Å². The second-order valence-electron chi connectivity index (χ2n) is 7.99. The Labute approximate surface area is 163 Å². The highest BCUT2D eigenvalue weighted by molar-refractivity contribution is 5.34. The minimum atomic E-state index is 0.203. The Morgan fingerprint density at radius 1 is 1.04 bits per heavy atom. The van der Waals surface area contributed by atoms with Crippen LogP contribution in [0.1, 0.15) is 81.8 Å². The molecule has 0 aliphatic carbocycles. The van der Waals surface area contributed by atoms with Gasteiger partial charge in [-0.25, -0.2) is 9.97 Å². The van der Waals surface area contributed by atoms with Gasteiger partial charge in [0.25, 0.3) is 0 Å². The summed E-state index contributed by atoms with van der Waals surface area (Å²) < 4.78 is 1.99. The normalized spacial score (nSPS) is 17.0. The third-order valence-electron chi connectivity index (χ3n) is 5.41. The predicted octanol–water partition coefficient (Wildman–Crippen LogP) is 4.18. The van der Waals surface area contributed by atoms with Crippen molar-refractivity contribution in [2.24, 2.45) is 0 Å². The van der Waals surface area contributed by atoms with Gasteiger partial charge < -0.3 is 10.2 Å². The molecule has 0 aromatic carbocycles. The molecule has 0 spiro atoms. The van der Waals surface area contributed by atoms with Gasteiger partial charge in [-0.05, 0) is 40.5 Å². The molecule has 0 saturated carbocycles. The highest BCUT2D eigenvalue weighted by Crippen LogP contribution is 2.20. The fraction of sp³-hybridized carbons (Fsp3) is 0.667. The first-order valence-electron chi connectivity index (χ1n) is 10.4. The van der Waals surface area contributed by atoms with Gasteiger partial charge in [0.15, 0.2) is 0 Å². The Morgan fingerprint density at radius 3 is 2.37 bits per heavy atom. The highest BCUT2D eigenvalue weighted by Gasteiger charge is 2.15. The molecule has 1 fully saturated rings. The van der Waals surface area contributed by atoms with Gasteiger partial charge in [0, 0.05) is 60.9 Å². The van der Waals surface area contributed by atoms with Crippen LogP contribution < -0.4 is 10.2 Å². The van der Waals surface area contributed by atoms with Crippen LogP contribution in [0.2, 0.25) is 0 Å². The molecule has 1 N–H and O–H groups in total. The maximum absolute atomic E-state index is 4.83. The summed E-state index contributed by atoms with van der Waals surface area (Å²) in [6.07, 6.45) is 12.5. The van der Waals surface area contributed by atoms with Gasteiger partial charge in [-0.15, -0.1) is 0 Å². The molecule has 6 heteroatoms. The lowest BCUT2D eigenvalue weighted by atomic mass is 10.1. The molecule has 148 valence electrons. The van der Waals surface area contributed by atoms with Crippen molar-refractivity contribution in [3.05, 3.63) is 35.4 Å². The maximum Gasteiger partial charge on any atom is 0.225 e. The minimum absolute atomic E-state index is 0.203. The molecule has 2 aromatic heterocycles. The van der Waals surface area contributed by atoms with Gasteiger partial charge in [0.05, 0.1) is 6.20 Å². The lowest BCUT2D eigenvalue weighted by molar-refractivity contribution is 0.530. The highest BCUT2D eigenvalue weighted by atomic mass is 15.3. The summed E-state index contributed by atoms with van der Waals surface area (Å²) in [6, 6.07) is 0.594. The number of aromatic nitrogens is 4. The SMILES string of the molecule is Cc1nc(N2CCCCCCC2)ncc1C(C)NCc1cnn(C(C)C)c1. The van der Waals surface area contributed by atoms with Crippen LogP contribution in [0, 0.1) is 6.92 Å². The molecule has 1 atom stereocenters. The van der Waals surface area contributed by atoms with E-state index < -0.39 is 0 Å². The van der Waals surface area contributed by atoms with E-state index >= 15 is 0 Å². The first-order chi connectivity index (χ1) is 13.0. The Kier molecular flexibility index (Phi) is 6.83. The van der Waals surface area contributed by atoms with Crippen molar-refractivity contribution in [2.75, 3.05) is 18.0 Å². The molecular formula is C21H34N6. The molecule has 0 bridgehead atoms. The average molecular weight is 371 g/mol. The molecule has 3 rings (SSSR count). The van der Waals surface area contributed by atoms with Gasteiger partial charge in [0.2, 0.25) is 5.95 Å². The summed E-state index contributed by atoms with van der Waals surface area (Å²) in [5, 5.41) is 7.99. The number of nitrogens with zero attached hydrogens (tertiary/aromatic N) is 5. The average Bonchev–Trinajstić information content (AvgIpc) is 3.09. The van der Waals surface area contributed by atoms with Gasteiger partial charge in [-0.2, -0.15) is 5.10 Å². The third-order valence-corrected chi connectivity index (χ3v) is 5.41. The molecule has 2 aromatic rings. The monoisotopic (exact) mass is 370 g/mol. The number of aryl methyl sites for hydroxylation is 1. The van der Waals surface area contributed by atoms with Crippen molar-refractivity contribution in [3.63, 3.8) is 0 Å². The smallest absolute Gasteiger partial charge is 0.225 e. The van der Waals surface area contributed by atoms with E-state index in [1.807, 2.05) is 17.1 Å². The summed E-state index contributed by atoms with van der Waals surface area (Å²) in [5.41, 5.74) is 3.44. The molecule has 1 saturated heterocycles. The van der Waals surface area contributed by atoms with E-state index in [1.54, 1.807) is 0 Å². The zero-order chi connectivity index (χ0) is 19.2. The largest absolute Gasteiger partial charge is 0.341 e. The first-order valence-corrected chi connectivity index (χ1v) is 10.4. The van der Waals surface area contributed by atoms with Crippen molar-refractivity contribution < 1.29 is 0 Å².